The number of anilines is 1. The second kappa shape index (κ2) is 12.5. The van der Waals surface area contributed by atoms with Crippen LogP contribution in [0.2, 0.25) is 0 Å². The average Bonchev–Trinajstić information content (AvgIpc) is 2.89. The largest absolute Gasteiger partial charge is 0.497 e. The highest BCUT2D eigenvalue weighted by Gasteiger charge is 2.26. The van der Waals surface area contributed by atoms with Crippen LogP contribution in [0.15, 0.2) is 47.4 Å². The van der Waals surface area contributed by atoms with Crippen molar-refractivity contribution in [3.05, 3.63) is 42.5 Å². The first-order valence-electron chi connectivity index (χ1n) is 11.8. The van der Waals surface area contributed by atoms with E-state index in [1.807, 2.05) is 0 Å². The summed E-state index contributed by atoms with van der Waals surface area (Å²) < 4.78 is 68.8. The maximum absolute atomic E-state index is 12.7. The smallest absolute Gasteiger partial charge is 0.243 e. The highest BCUT2D eigenvalue weighted by molar-refractivity contribution is 7.92. The minimum absolute atomic E-state index is 0.102. The number of ether oxygens (including phenoxy) is 3. The lowest BCUT2D eigenvalue weighted by Crippen LogP contribution is -2.41. The van der Waals surface area contributed by atoms with E-state index in [9.17, 15) is 21.6 Å². The molecule has 0 aliphatic carbocycles. The topological polar surface area (TPSA) is 132 Å². The van der Waals surface area contributed by atoms with Gasteiger partial charge >= 0.3 is 0 Å². The Morgan fingerprint density at radius 1 is 0.946 bits per heavy atom. The molecule has 0 saturated carbocycles. The Bertz CT molecular complexity index is 1280. The molecule has 0 unspecified atom stereocenters. The molecule has 0 atom stereocenters. The average molecular weight is 556 g/mol. The molecular weight excluding hydrogens is 522 g/mol. The van der Waals surface area contributed by atoms with Gasteiger partial charge in [-0.3, -0.25) is 9.10 Å². The normalized spacial score (nSPS) is 14.6. The van der Waals surface area contributed by atoms with E-state index >= 15 is 0 Å². The molecule has 11 nitrogen and oxygen atoms in total. The molecule has 1 fully saturated rings. The predicted molar refractivity (Wildman–Crippen MR) is 139 cm³/mol. The van der Waals surface area contributed by atoms with E-state index in [2.05, 4.69) is 5.32 Å². The van der Waals surface area contributed by atoms with Gasteiger partial charge in [0.1, 0.15) is 30.4 Å². The fourth-order valence-corrected chi connectivity index (χ4v) is 6.25. The highest BCUT2D eigenvalue weighted by Crippen LogP contribution is 2.33. The van der Waals surface area contributed by atoms with Crippen LogP contribution in [0.3, 0.4) is 0 Å². The Labute approximate surface area is 218 Å². The van der Waals surface area contributed by atoms with Crippen molar-refractivity contribution in [2.75, 3.05) is 57.6 Å². The Kier molecular flexibility index (Phi) is 9.62. The van der Waals surface area contributed by atoms with Gasteiger partial charge in [-0.25, -0.2) is 16.8 Å². The number of piperidine rings is 1. The van der Waals surface area contributed by atoms with E-state index in [0.717, 1.165) is 29.8 Å². The zero-order valence-electron chi connectivity index (χ0n) is 21.2. The number of sulfonamides is 2. The molecule has 2 aromatic carbocycles. The van der Waals surface area contributed by atoms with Crippen molar-refractivity contribution in [3.8, 4) is 17.2 Å². The first kappa shape index (κ1) is 28.5. The number of rotatable bonds is 12. The van der Waals surface area contributed by atoms with Gasteiger partial charge in [-0.15, -0.1) is 0 Å². The summed E-state index contributed by atoms with van der Waals surface area (Å²) in [4.78, 5) is 12.7. The van der Waals surface area contributed by atoms with Crippen LogP contribution in [0.5, 0.6) is 17.2 Å². The first-order valence-corrected chi connectivity index (χ1v) is 15.0. The third kappa shape index (κ3) is 7.49. The van der Waals surface area contributed by atoms with Crippen LogP contribution in [0.1, 0.15) is 19.3 Å². The molecule has 0 aromatic heterocycles. The zero-order chi connectivity index (χ0) is 27.1. The van der Waals surface area contributed by atoms with Gasteiger partial charge in [-0.2, -0.15) is 4.31 Å². The molecule has 2 aromatic rings. The number of hydrogen-bond acceptors (Lipinski definition) is 8. The summed E-state index contributed by atoms with van der Waals surface area (Å²) in [6, 6.07) is 10.8. The number of nitrogens with zero attached hydrogens (tertiary/aromatic N) is 2. The molecule has 1 aliphatic rings. The number of carbonyl (C=O) groups excluding carboxylic acids is 1. The Balaban J connectivity index is 1.55. The number of benzene rings is 2. The second-order valence-electron chi connectivity index (χ2n) is 8.44. The molecule has 0 spiro atoms. The maximum atomic E-state index is 12.7. The van der Waals surface area contributed by atoms with Gasteiger partial charge in [-0.1, -0.05) is 6.42 Å². The van der Waals surface area contributed by atoms with E-state index in [4.69, 9.17) is 14.2 Å². The summed E-state index contributed by atoms with van der Waals surface area (Å²) >= 11 is 0. The van der Waals surface area contributed by atoms with Gasteiger partial charge in [0.25, 0.3) is 0 Å². The number of hydrogen-bond donors (Lipinski definition) is 1. The van der Waals surface area contributed by atoms with Gasteiger partial charge in [-0.05, 0) is 49.2 Å². The van der Waals surface area contributed by atoms with Gasteiger partial charge in [0.15, 0.2) is 0 Å². The van der Waals surface area contributed by atoms with Gasteiger partial charge in [0.2, 0.25) is 26.0 Å². The van der Waals surface area contributed by atoms with Crippen molar-refractivity contribution in [1.82, 2.24) is 9.62 Å². The third-order valence-electron chi connectivity index (χ3n) is 5.81. The molecule has 1 amide bonds. The summed E-state index contributed by atoms with van der Waals surface area (Å²) in [5, 5.41) is 2.63. The van der Waals surface area contributed by atoms with Crippen LogP contribution in [-0.2, 0) is 24.8 Å². The number of nitrogens with one attached hydrogen (secondary N) is 1. The Morgan fingerprint density at radius 3 is 2.19 bits per heavy atom. The van der Waals surface area contributed by atoms with Gasteiger partial charge < -0.3 is 19.5 Å². The molecule has 3 rings (SSSR count). The predicted octanol–water partition coefficient (Wildman–Crippen LogP) is 1.84. The minimum Gasteiger partial charge on any atom is -0.497 e. The van der Waals surface area contributed by atoms with Gasteiger partial charge in [0.05, 0.1) is 37.6 Å². The summed E-state index contributed by atoms with van der Waals surface area (Å²) in [6.07, 6.45) is 3.76. The molecule has 1 heterocycles. The van der Waals surface area contributed by atoms with Gasteiger partial charge in [0, 0.05) is 19.2 Å². The summed E-state index contributed by atoms with van der Waals surface area (Å²) in [5.74, 6) is 0.591. The van der Waals surface area contributed by atoms with Crippen LogP contribution in [0.25, 0.3) is 0 Å². The van der Waals surface area contributed by atoms with E-state index in [1.165, 1.54) is 36.7 Å². The number of methoxy groups -OCH3 is 2. The third-order valence-corrected chi connectivity index (χ3v) is 8.85. The van der Waals surface area contributed by atoms with Crippen LogP contribution < -0.4 is 23.8 Å². The van der Waals surface area contributed by atoms with E-state index in [0.29, 0.717) is 24.6 Å². The van der Waals surface area contributed by atoms with Crippen molar-refractivity contribution in [1.29, 1.82) is 0 Å². The van der Waals surface area contributed by atoms with Crippen LogP contribution in [-0.4, -0.2) is 80.3 Å². The van der Waals surface area contributed by atoms with Crippen LogP contribution in [0, 0.1) is 0 Å². The van der Waals surface area contributed by atoms with Crippen molar-refractivity contribution in [3.63, 3.8) is 0 Å². The van der Waals surface area contributed by atoms with Crippen molar-refractivity contribution < 1.29 is 35.8 Å². The molecule has 204 valence electrons. The quantitative estimate of drug-likeness (QED) is 0.393. The summed E-state index contributed by atoms with van der Waals surface area (Å²) in [6.45, 7) is 0.805. The summed E-state index contributed by atoms with van der Waals surface area (Å²) in [7, 11) is -4.49. The minimum atomic E-state index is -3.82. The molecule has 1 N–H and O–H groups in total. The maximum Gasteiger partial charge on any atom is 0.243 e. The SMILES string of the molecule is COc1ccc(OC)c(N(CC(=O)NCCOc2ccc(S(=O)(=O)N3CCCCC3)cc2)S(C)(=O)=O)c1. The van der Waals surface area contributed by atoms with Crippen molar-refractivity contribution >= 4 is 31.6 Å². The molecule has 1 aliphatic heterocycles. The standard InChI is InChI=1S/C24H33N3O8S2/c1-33-20-9-12-23(34-2)22(17-20)27(36(3,29)30)18-24(28)25-13-16-35-19-7-10-21(11-8-19)37(31,32)26-14-5-4-6-15-26/h7-12,17H,4-6,13-16,18H2,1-3H3,(H,25,28). The molecule has 0 bridgehead atoms. The lowest BCUT2D eigenvalue weighted by molar-refractivity contribution is -0.119. The van der Waals surface area contributed by atoms with E-state index in [-0.39, 0.29) is 29.5 Å². The number of amides is 1. The fraction of sp³-hybridized carbons (Fsp3) is 0.458. The molecule has 0 radical (unpaired) electrons. The van der Waals surface area contributed by atoms with Crippen LogP contribution in [0.4, 0.5) is 5.69 Å². The molecule has 1 saturated heterocycles. The zero-order valence-corrected chi connectivity index (χ0v) is 22.8. The Morgan fingerprint density at radius 2 is 1.59 bits per heavy atom. The van der Waals surface area contributed by atoms with Crippen LogP contribution >= 0.6 is 0 Å². The highest BCUT2D eigenvalue weighted by atomic mass is 32.2. The van der Waals surface area contributed by atoms with E-state index in [1.54, 1.807) is 24.3 Å². The lowest BCUT2D eigenvalue weighted by Gasteiger charge is -2.25. The van der Waals surface area contributed by atoms with Crippen molar-refractivity contribution in [2.24, 2.45) is 0 Å². The summed E-state index contributed by atoms with van der Waals surface area (Å²) in [5.41, 5.74) is 0.176. The van der Waals surface area contributed by atoms with E-state index < -0.39 is 32.5 Å². The Hall–Kier alpha value is -3.03. The fourth-order valence-electron chi connectivity index (χ4n) is 3.88. The first-order chi connectivity index (χ1) is 17.6. The molecule has 13 heteroatoms. The second-order valence-corrected chi connectivity index (χ2v) is 12.3. The van der Waals surface area contributed by atoms with Crippen molar-refractivity contribution in [2.45, 2.75) is 24.2 Å². The molecular formula is C24H33N3O8S2. The lowest BCUT2D eigenvalue weighted by atomic mass is 10.2. The monoisotopic (exact) mass is 555 g/mol. The molecule has 37 heavy (non-hydrogen) atoms. The number of carbonyl (C=O) groups is 1.